The molecule has 1 aliphatic rings. The van der Waals surface area contributed by atoms with Gasteiger partial charge in [0.15, 0.2) is 0 Å². The highest BCUT2D eigenvalue weighted by Crippen LogP contribution is 2.40. The molecule has 94 valence electrons. The van der Waals surface area contributed by atoms with Gasteiger partial charge >= 0.3 is 0 Å². The van der Waals surface area contributed by atoms with Crippen LogP contribution in [0.4, 0.5) is 0 Å². The van der Waals surface area contributed by atoms with Crippen molar-refractivity contribution in [1.29, 1.82) is 0 Å². The molecule has 0 aliphatic heterocycles. The van der Waals surface area contributed by atoms with Crippen LogP contribution in [0.15, 0.2) is 24.3 Å². The summed E-state index contributed by atoms with van der Waals surface area (Å²) in [4.78, 5) is 0. The van der Waals surface area contributed by atoms with Crippen molar-refractivity contribution in [2.75, 3.05) is 12.4 Å². The quantitative estimate of drug-likeness (QED) is 0.836. The van der Waals surface area contributed by atoms with Crippen LogP contribution >= 0.6 is 23.4 Å². The molecule has 1 aromatic rings. The Labute approximate surface area is 112 Å². The number of hydrogen-bond acceptors (Lipinski definition) is 3. The molecule has 0 amide bonds. The van der Waals surface area contributed by atoms with E-state index in [0.717, 1.165) is 34.9 Å². The van der Waals surface area contributed by atoms with Gasteiger partial charge in [0.1, 0.15) is 0 Å². The molecule has 0 aromatic heterocycles. The maximum atomic E-state index is 9.38. The highest BCUT2D eigenvalue weighted by Gasteiger charge is 2.41. The third-order valence-electron chi connectivity index (χ3n) is 3.27. The van der Waals surface area contributed by atoms with Gasteiger partial charge in [-0.1, -0.05) is 29.8 Å². The van der Waals surface area contributed by atoms with E-state index in [1.807, 2.05) is 24.3 Å². The van der Waals surface area contributed by atoms with Crippen LogP contribution in [-0.4, -0.2) is 23.0 Å². The minimum Gasteiger partial charge on any atom is -0.394 e. The van der Waals surface area contributed by atoms with Crippen molar-refractivity contribution in [3.05, 3.63) is 34.9 Å². The molecule has 1 saturated carbocycles. The van der Waals surface area contributed by atoms with Crippen LogP contribution in [0.5, 0.6) is 0 Å². The molecule has 1 atom stereocenters. The van der Waals surface area contributed by atoms with Gasteiger partial charge in [0.05, 0.1) is 12.1 Å². The maximum Gasteiger partial charge on any atom is 0.0622 e. The van der Waals surface area contributed by atoms with Crippen molar-refractivity contribution in [3.63, 3.8) is 0 Å². The molecule has 1 aliphatic carbocycles. The summed E-state index contributed by atoms with van der Waals surface area (Å²) >= 11 is 7.84. The van der Waals surface area contributed by atoms with Crippen LogP contribution in [0.2, 0.25) is 5.02 Å². The van der Waals surface area contributed by atoms with Gasteiger partial charge < -0.3 is 10.8 Å². The van der Waals surface area contributed by atoms with Gasteiger partial charge in [-0.15, -0.1) is 0 Å². The Morgan fingerprint density at radius 1 is 1.41 bits per heavy atom. The second kappa shape index (κ2) is 5.61. The monoisotopic (exact) mass is 271 g/mol. The molecule has 4 heteroatoms. The average Bonchev–Trinajstić information content (AvgIpc) is 3.16. The summed E-state index contributed by atoms with van der Waals surface area (Å²) in [6.07, 6.45) is 2.31. The van der Waals surface area contributed by atoms with Crippen LogP contribution < -0.4 is 5.73 Å². The van der Waals surface area contributed by atoms with E-state index in [9.17, 15) is 5.11 Å². The van der Waals surface area contributed by atoms with Gasteiger partial charge in [-0.25, -0.2) is 0 Å². The van der Waals surface area contributed by atoms with Crippen LogP contribution in [0.25, 0.3) is 0 Å². The minimum atomic E-state index is -0.397. The molecular weight excluding hydrogens is 254 g/mol. The predicted molar refractivity (Wildman–Crippen MR) is 74.3 cm³/mol. The number of rotatable bonds is 6. The van der Waals surface area contributed by atoms with Crippen molar-refractivity contribution in [1.82, 2.24) is 0 Å². The van der Waals surface area contributed by atoms with E-state index in [0.29, 0.717) is 5.92 Å². The first-order valence-corrected chi connectivity index (χ1v) is 7.40. The zero-order chi connectivity index (χ0) is 12.3. The SMILES string of the molecule is NC(CO)(CSCc1ccccc1Cl)C1CC1. The van der Waals surface area contributed by atoms with Gasteiger partial charge in [-0.2, -0.15) is 11.8 Å². The Morgan fingerprint density at radius 2 is 2.12 bits per heavy atom. The molecule has 17 heavy (non-hydrogen) atoms. The molecule has 2 nitrogen and oxygen atoms in total. The zero-order valence-corrected chi connectivity index (χ0v) is 11.3. The van der Waals surface area contributed by atoms with Crippen LogP contribution in [-0.2, 0) is 5.75 Å². The summed E-state index contributed by atoms with van der Waals surface area (Å²) in [5, 5.41) is 10.2. The Bertz CT molecular complexity index is 383. The van der Waals surface area contributed by atoms with E-state index in [1.54, 1.807) is 11.8 Å². The van der Waals surface area contributed by atoms with Crippen molar-refractivity contribution < 1.29 is 5.11 Å². The summed E-state index contributed by atoms with van der Waals surface area (Å²) in [6, 6.07) is 7.86. The number of nitrogens with two attached hydrogens (primary N) is 1. The Morgan fingerprint density at radius 3 is 2.71 bits per heavy atom. The fourth-order valence-electron chi connectivity index (χ4n) is 1.92. The largest absolute Gasteiger partial charge is 0.394 e. The van der Waals surface area contributed by atoms with Gasteiger partial charge in [0.25, 0.3) is 0 Å². The highest BCUT2D eigenvalue weighted by molar-refractivity contribution is 7.98. The summed E-state index contributed by atoms with van der Waals surface area (Å²) in [5.41, 5.74) is 6.94. The van der Waals surface area contributed by atoms with Crippen molar-refractivity contribution in [2.24, 2.45) is 11.7 Å². The number of thioether (sulfide) groups is 1. The van der Waals surface area contributed by atoms with Crippen LogP contribution in [0.1, 0.15) is 18.4 Å². The summed E-state index contributed by atoms with van der Waals surface area (Å²) in [5.74, 6) is 2.15. The maximum absolute atomic E-state index is 9.38. The Kier molecular flexibility index (Phi) is 4.36. The van der Waals surface area contributed by atoms with Gasteiger partial charge in [0.2, 0.25) is 0 Å². The first kappa shape index (κ1) is 13.2. The molecule has 0 saturated heterocycles. The normalized spacial score (nSPS) is 19.0. The standard InChI is InChI=1S/C13H18ClNOS/c14-12-4-2-1-3-10(12)7-17-9-13(15,8-16)11-5-6-11/h1-4,11,16H,5-9,15H2. The first-order valence-electron chi connectivity index (χ1n) is 5.86. The van der Waals surface area contributed by atoms with E-state index in [2.05, 4.69) is 0 Å². The second-order valence-electron chi connectivity index (χ2n) is 4.75. The molecule has 3 N–H and O–H groups in total. The van der Waals surface area contributed by atoms with E-state index in [1.165, 1.54) is 0 Å². The minimum absolute atomic E-state index is 0.0766. The molecule has 0 heterocycles. The summed E-state index contributed by atoms with van der Waals surface area (Å²) < 4.78 is 0. The van der Waals surface area contributed by atoms with Crippen molar-refractivity contribution in [3.8, 4) is 0 Å². The third kappa shape index (κ3) is 3.38. The second-order valence-corrected chi connectivity index (χ2v) is 6.14. The summed E-state index contributed by atoms with van der Waals surface area (Å²) in [6.45, 7) is 0.0766. The Hall–Kier alpha value is -0.220. The lowest BCUT2D eigenvalue weighted by Gasteiger charge is -2.26. The average molecular weight is 272 g/mol. The number of aliphatic hydroxyl groups excluding tert-OH is 1. The predicted octanol–water partition coefficient (Wildman–Crippen LogP) is 2.67. The molecule has 0 radical (unpaired) electrons. The van der Waals surface area contributed by atoms with Crippen LogP contribution in [0, 0.1) is 5.92 Å². The van der Waals surface area contributed by atoms with E-state index < -0.39 is 5.54 Å². The lowest BCUT2D eigenvalue weighted by atomic mass is 9.99. The molecule has 1 fully saturated rings. The molecule has 2 rings (SSSR count). The zero-order valence-electron chi connectivity index (χ0n) is 9.73. The number of halogens is 1. The van der Waals surface area contributed by atoms with Crippen LogP contribution in [0.3, 0.4) is 0 Å². The fourth-order valence-corrected chi connectivity index (χ4v) is 3.48. The van der Waals surface area contributed by atoms with Crippen molar-refractivity contribution in [2.45, 2.75) is 24.1 Å². The number of aliphatic hydroxyl groups is 1. The topological polar surface area (TPSA) is 46.2 Å². The first-order chi connectivity index (χ1) is 8.15. The van der Waals surface area contributed by atoms with Gasteiger partial charge in [0, 0.05) is 16.5 Å². The molecular formula is C13H18ClNOS. The Balaban J connectivity index is 1.85. The smallest absolute Gasteiger partial charge is 0.0622 e. The van der Waals surface area contributed by atoms with E-state index in [-0.39, 0.29) is 6.61 Å². The van der Waals surface area contributed by atoms with Gasteiger partial charge in [-0.3, -0.25) is 0 Å². The fraction of sp³-hybridized carbons (Fsp3) is 0.538. The summed E-state index contributed by atoms with van der Waals surface area (Å²) in [7, 11) is 0. The molecule has 0 bridgehead atoms. The number of benzene rings is 1. The molecule has 0 spiro atoms. The van der Waals surface area contributed by atoms with Gasteiger partial charge in [-0.05, 0) is 30.4 Å². The third-order valence-corrected chi connectivity index (χ3v) is 4.90. The van der Waals surface area contributed by atoms with E-state index >= 15 is 0 Å². The van der Waals surface area contributed by atoms with E-state index in [4.69, 9.17) is 17.3 Å². The highest BCUT2D eigenvalue weighted by atomic mass is 35.5. The lowest BCUT2D eigenvalue weighted by Crippen LogP contribution is -2.48. The molecule has 1 unspecified atom stereocenters. The lowest BCUT2D eigenvalue weighted by molar-refractivity contribution is 0.194. The molecule has 1 aromatic carbocycles. The number of hydrogen-bond donors (Lipinski definition) is 2. The van der Waals surface area contributed by atoms with Crippen molar-refractivity contribution >= 4 is 23.4 Å².